The zero-order chi connectivity index (χ0) is 20.6. The number of ether oxygens (including phenoxy) is 1. The monoisotopic (exact) mass is 415 g/mol. The molecular formula is C22H26ClN3O3. The van der Waals surface area contributed by atoms with Crippen LogP contribution in [0.1, 0.15) is 27.9 Å². The highest BCUT2D eigenvalue weighted by Crippen LogP contribution is 2.22. The fourth-order valence-corrected chi connectivity index (χ4v) is 3.44. The van der Waals surface area contributed by atoms with Crippen molar-refractivity contribution in [2.24, 2.45) is 0 Å². The minimum atomic E-state index is -0.197. The lowest BCUT2D eigenvalue weighted by molar-refractivity contribution is -0.116. The lowest BCUT2D eigenvalue weighted by Crippen LogP contribution is -2.35. The molecule has 0 spiro atoms. The normalized spacial score (nSPS) is 14.4. The van der Waals surface area contributed by atoms with Gasteiger partial charge in [-0.15, -0.1) is 0 Å². The quantitative estimate of drug-likeness (QED) is 0.728. The van der Waals surface area contributed by atoms with Crippen LogP contribution >= 0.6 is 11.6 Å². The van der Waals surface area contributed by atoms with Gasteiger partial charge in [-0.05, 0) is 42.3 Å². The van der Waals surface area contributed by atoms with Crippen molar-refractivity contribution in [1.29, 1.82) is 0 Å². The van der Waals surface area contributed by atoms with Crippen LogP contribution in [0.15, 0.2) is 42.5 Å². The summed E-state index contributed by atoms with van der Waals surface area (Å²) in [6.07, 6.45) is 0.170. The Bertz CT molecular complexity index is 866. The third-order valence-corrected chi connectivity index (χ3v) is 5.05. The summed E-state index contributed by atoms with van der Waals surface area (Å²) < 4.78 is 5.37. The molecule has 0 atom stereocenters. The molecule has 154 valence electrons. The lowest BCUT2D eigenvalue weighted by Gasteiger charge is -2.26. The Morgan fingerprint density at radius 2 is 1.93 bits per heavy atom. The van der Waals surface area contributed by atoms with Crippen LogP contribution in [-0.2, 0) is 16.1 Å². The van der Waals surface area contributed by atoms with Crippen molar-refractivity contribution in [3.8, 4) is 0 Å². The molecule has 6 nitrogen and oxygen atoms in total. The molecule has 0 aliphatic carbocycles. The summed E-state index contributed by atoms with van der Waals surface area (Å²) in [6.45, 7) is 6.27. The maximum absolute atomic E-state index is 12.4. The zero-order valence-corrected chi connectivity index (χ0v) is 17.3. The van der Waals surface area contributed by atoms with Crippen molar-refractivity contribution in [2.45, 2.75) is 19.9 Å². The van der Waals surface area contributed by atoms with Crippen LogP contribution in [0.3, 0.4) is 0 Å². The fourth-order valence-electron chi connectivity index (χ4n) is 3.15. The molecule has 0 saturated carbocycles. The molecule has 1 saturated heterocycles. The van der Waals surface area contributed by atoms with Crippen LogP contribution in [0.2, 0.25) is 5.02 Å². The molecule has 2 amide bonds. The predicted molar refractivity (Wildman–Crippen MR) is 114 cm³/mol. The highest BCUT2D eigenvalue weighted by atomic mass is 35.5. The average molecular weight is 416 g/mol. The number of nitrogens with zero attached hydrogens (tertiary/aromatic N) is 1. The molecule has 0 unspecified atom stereocenters. The van der Waals surface area contributed by atoms with E-state index in [9.17, 15) is 9.59 Å². The number of anilines is 1. The summed E-state index contributed by atoms with van der Waals surface area (Å²) >= 11 is 6.13. The van der Waals surface area contributed by atoms with Gasteiger partial charge in [0.15, 0.2) is 0 Å². The summed E-state index contributed by atoms with van der Waals surface area (Å²) in [4.78, 5) is 26.8. The molecule has 1 fully saturated rings. The van der Waals surface area contributed by atoms with E-state index in [-0.39, 0.29) is 24.8 Å². The van der Waals surface area contributed by atoms with Crippen molar-refractivity contribution in [2.75, 3.05) is 38.2 Å². The van der Waals surface area contributed by atoms with E-state index in [0.717, 1.165) is 44.0 Å². The van der Waals surface area contributed by atoms with Gasteiger partial charge in [0.05, 0.1) is 23.9 Å². The Morgan fingerprint density at radius 1 is 1.14 bits per heavy atom. The third-order valence-electron chi connectivity index (χ3n) is 4.74. The van der Waals surface area contributed by atoms with Crippen LogP contribution in [-0.4, -0.2) is 49.6 Å². The maximum atomic E-state index is 12.4. The van der Waals surface area contributed by atoms with Crippen molar-refractivity contribution in [3.63, 3.8) is 0 Å². The Morgan fingerprint density at radius 3 is 2.69 bits per heavy atom. The second-order valence-corrected chi connectivity index (χ2v) is 7.53. The van der Waals surface area contributed by atoms with Gasteiger partial charge in [0.1, 0.15) is 0 Å². The standard InChI is InChI=1S/C22H26ClN3O3/c1-16-5-6-20(19(23)13-16)25-21(27)7-8-24-22(28)18-4-2-3-17(14-18)15-26-9-11-29-12-10-26/h2-6,13-14H,7-12,15H2,1H3,(H,24,28)(H,25,27). The highest BCUT2D eigenvalue weighted by molar-refractivity contribution is 6.33. The molecule has 3 rings (SSSR count). The molecule has 0 bridgehead atoms. The Hall–Kier alpha value is -2.41. The van der Waals surface area contributed by atoms with Gasteiger partial charge in [0, 0.05) is 38.2 Å². The summed E-state index contributed by atoms with van der Waals surface area (Å²) in [7, 11) is 0. The summed E-state index contributed by atoms with van der Waals surface area (Å²) in [5.74, 6) is -0.382. The van der Waals surface area contributed by atoms with E-state index in [2.05, 4.69) is 15.5 Å². The molecule has 2 aromatic rings. The molecule has 0 radical (unpaired) electrons. The van der Waals surface area contributed by atoms with Crippen molar-refractivity contribution >= 4 is 29.1 Å². The first-order valence-electron chi connectivity index (χ1n) is 9.74. The number of rotatable bonds is 7. The smallest absolute Gasteiger partial charge is 0.251 e. The summed E-state index contributed by atoms with van der Waals surface area (Å²) in [6, 6.07) is 13.0. The molecule has 1 aliphatic rings. The van der Waals surface area contributed by atoms with Crippen LogP contribution in [0.5, 0.6) is 0 Å². The number of nitrogens with one attached hydrogen (secondary N) is 2. The summed E-state index contributed by atoms with van der Waals surface area (Å²) in [5, 5.41) is 6.07. The zero-order valence-electron chi connectivity index (χ0n) is 16.5. The first-order valence-corrected chi connectivity index (χ1v) is 10.1. The van der Waals surface area contributed by atoms with Crippen LogP contribution in [0, 0.1) is 6.92 Å². The van der Waals surface area contributed by atoms with E-state index < -0.39 is 0 Å². The molecule has 1 heterocycles. The van der Waals surface area contributed by atoms with Crippen molar-refractivity contribution < 1.29 is 14.3 Å². The highest BCUT2D eigenvalue weighted by Gasteiger charge is 2.13. The first-order chi connectivity index (χ1) is 14.0. The molecule has 1 aliphatic heterocycles. The molecular weight excluding hydrogens is 390 g/mol. The van der Waals surface area contributed by atoms with Gasteiger partial charge in [-0.2, -0.15) is 0 Å². The Balaban J connectivity index is 1.46. The van der Waals surface area contributed by atoms with Gasteiger partial charge >= 0.3 is 0 Å². The molecule has 2 aromatic carbocycles. The number of morpholine rings is 1. The minimum absolute atomic E-state index is 0.170. The fraction of sp³-hybridized carbons (Fsp3) is 0.364. The third kappa shape index (κ3) is 6.56. The van der Waals surface area contributed by atoms with E-state index in [1.807, 2.05) is 31.2 Å². The van der Waals surface area contributed by atoms with Crippen LogP contribution in [0.25, 0.3) is 0 Å². The predicted octanol–water partition coefficient (Wildman–Crippen LogP) is 3.24. The number of carbonyl (C=O) groups excluding carboxylic acids is 2. The van der Waals surface area contributed by atoms with Gasteiger partial charge in [-0.3, -0.25) is 14.5 Å². The van der Waals surface area contributed by atoms with E-state index in [1.54, 1.807) is 18.2 Å². The number of hydrogen-bond donors (Lipinski definition) is 2. The number of benzene rings is 2. The van der Waals surface area contributed by atoms with E-state index in [0.29, 0.717) is 16.3 Å². The number of halogens is 1. The Labute approximate surface area is 176 Å². The first kappa shape index (κ1) is 21.3. The van der Waals surface area contributed by atoms with Crippen molar-refractivity contribution in [3.05, 3.63) is 64.2 Å². The number of amides is 2. The minimum Gasteiger partial charge on any atom is -0.379 e. The van der Waals surface area contributed by atoms with E-state index in [1.165, 1.54) is 0 Å². The average Bonchev–Trinajstić information content (AvgIpc) is 2.71. The van der Waals surface area contributed by atoms with Crippen molar-refractivity contribution in [1.82, 2.24) is 10.2 Å². The number of carbonyl (C=O) groups is 2. The molecule has 29 heavy (non-hydrogen) atoms. The topological polar surface area (TPSA) is 70.7 Å². The molecule has 2 N–H and O–H groups in total. The largest absolute Gasteiger partial charge is 0.379 e. The second-order valence-electron chi connectivity index (χ2n) is 7.13. The maximum Gasteiger partial charge on any atom is 0.251 e. The summed E-state index contributed by atoms with van der Waals surface area (Å²) in [5.41, 5.74) is 3.28. The van der Waals surface area contributed by atoms with Gasteiger partial charge in [-0.1, -0.05) is 29.8 Å². The lowest BCUT2D eigenvalue weighted by atomic mass is 10.1. The molecule has 0 aromatic heterocycles. The van der Waals surface area contributed by atoms with Crippen LogP contribution < -0.4 is 10.6 Å². The van der Waals surface area contributed by atoms with E-state index >= 15 is 0 Å². The second kappa shape index (κ2) is 10.4. The number of aryl methyl sites for hydroxylation is 1. The van der Waals surface area contributed by atoms with Gasteiger partial charge in [-0.25, -0.2) is 0 Å². The number of hydrogen-bond acceptors (Lipinski definition) is 4. The van der Waals surface area contributed by atoms with Gasteiger partial charge in [0.25, 0.3) is 5.91 Å². The van der Waals surface area contributed by atoms with Gasteiger partial charge in [0.2, 0.25) is 5.91 Å². The Kier molecular flexibility index (Phi) is 7.63. The van der Waals surface area contributed by atoms with E-state index in [4.69, 9.17) is 16.3 Å². The molecule has 7 heteroatoms. The van der Waals surface area contributed by atoms with Gasteiger partial charge < -0.3 is 15.4 Å². The van der Waals surface area contributed by atoms with Crippen LogP contribution in [0.4, 0.5) is 5.69 Å². The SMILES string of the molecule is Cc1ccc(NC(=O)CCNC(=O)c2cccc(CN3CCOCC3)c2)c(Cl)c1.